The van der Waals surface area contributed by atoms with Crippen LogP contribution in [0.1, 0.15) is 37.9 Å². The SMILES string of the molecule is CC(O)c1ccc(N2CC3CCCC3C2)c(Cl)c1. The summed E-state index contributed by atoms with van der Waals surface area (Å²) in [6.07, 6.45) is 3.71. The van der Waals surface area contributed by atoms with Crippen LogP contribution in [0.2, 0.25) is 5.02 Å². The Morgan fingerprint density at radius 2 is 1.94 bits per heavy atom. The van der Waals surface area contributed by atoms with E-state index in [1.165, 1.54) is 19.3 Å². The van der Waals surface area contributed by atoms with Gasteiger partial charge in [-0.25, -0.2) is 0 Å². The zero-order valence-corrected chi connectivity index (χ0v) is 11.5. The Morgan fingerprint density at radius 3 is 2.50 bits per heavy atom. The fourth-order valence-electron chi connectivity index (χ4n) is 3.47. The highest BCUT2D eigenvalue weighted by Crippen LogP contribution is 2.41. The average Bonchev–Trinajstić information content (AvgIpc) is 2.88. The van der Waals surface area contributed by atoms with Gasteiger partial charge in [0.1, 0.15) is 0 Å². The second-order valence-corrected chi connectivity index (χ2v) is 6.15. The van der Waals surface area contributed by atoms with Crippen LogP contribution in [0.3, 0.4) is 0 Å². The molecule has 2 aliphatic rings. The number of hydrogen-bond donors (Lipinski definition) is 1. The van der Waals surface area contributed by atoms with E-state index in [-0.39, 0.29) is 0 Å². The highest BCUT2D eigenvalue weighted by atomic mass is 35.5. The summed E-state index contributed by atoms with van der Waals surface area (Å²) < 4.78 is 0. The zero-order valence-electron chi connectivity index (χ0n) is 10.8. The summed E-state index contributed by atoms with van der Waals surface area (Å²) >= 11 is 6.36. The summed E-state index contributed by atoms with van der Waals surface area (Å²) in [7, 11) is 0. The minimum atomic E-state index is -0.450. The van der Waals surface area contributed by atoms with Crippen molar-refractivity contribution in [3.63, 3.8) is 0 Å². The van der Waals surface area contributed by atoms with Crippen molar-refractivity contribution in [3.8, 4) is 0 Å². The van der Waals surface area contributed by atoms with E-state index in [0.717, 1.165) is 41.2 Å². The van der Waals surface area contributed by atoms with Crippen LogP contribution in [0.5, 0.6) is 0 Å². The summed E-state index contributed by atoms with van der Waals surface area (Å²) in [5, 5.41) is 10.3. The first kappa shape index (κ1) is 12.3. The Balaban J connectivity index is 1.81. The summed E-state index contributed by atoms with van der Waals surface area (Å²) in [5.41, 5.74) is 2.03. The van der Waals surface area contributed by atoms with Crippen LogP contribution in [0.4, 0.5) is 5.69 Å². The maximum atomic E-state index is 9.56. The molecule has 2 fully saturated rings. The smallest absolute Gasteiger partial charge is 0.0762 e. The molecule has 1 N–H and O–H groups in total. The van der Waals surface area contributed by atoms with Gasteiger partial charge in [-0.15, -0.1) is 0 Å². The summed E-state index contributed by atoms with van der Waals surface area (Å²) in [5.74, 6) is 1.75. The van der Waals surface area contributed by atoms with Crippen LogP contribution in [0.25, 0.3) is 0 Å². The van der Waals surface area contributed by atoms with Crippen molar-refractivity contribution in [2.45, 2.75) is 32.3 Å². The molecule has 1 aromatic rings. The van der Waals surface area contributed by atoms with Crippen molar-refractivity contribution in [2.75, 3.05) is 18.0 Å². The van der Waals surface area contributed by atoms with E-state index in [9.17, 15) is 5.11 Å². The maximum Gasteiger partial charge on any atom is 0.0762 e. The molecule has 1 aromatic carbocycles. The lowest BCUT2D eigenvalue weighted by Crippen LogP contribution is -2.21. The Hall–Kier alpha value is -0.730. The fourth-order valence-corrected chi connectivity index (χ4v) is 3.78. The molecule has 3 heteroatoms. The van der Waals surface area contributed by atoms with Crippen molar-refractivity contribution < 1.29 is 5.11 Å². The van der Waals surface area contributed by atoms with Gasteiger partial charge in [0.15, 0.2) is 0 Å². The van der Waals surface area contributed by atoms with Gasteiger partial charge in [-0.2, -0.15) is 0 Å². The quantitative estimate of drug-likeness (QED) is 0.883. The Labute approximate surface area is 114 Å². The normalized spacial score (nSPS) is 28.5. The molecule has 3 atom stereocenters. The van der Waals surface area contributed by atoms with E-state index in [4.69, 9.17) is 11.6 Å². The van der Waals surface area contributed by atoms with Gasteiger partial charge < -0.3 is 10.0 Å². The van der Waals surface area contributed by atoms with Crippen molar-refractivity contribution in [2.24, 2.45) is 11.8 Å². The third-order valence-corrected chi connectivity index (χ3v) is 4.82. The van der Waals surface area contributed by atoms with E-state index in [2.05, 4.69) is 11.0 Å². The molecule has 0 radical (unpaired) electrons. The minimum absolute atomic E-state index is 0.450. The molecular formula is C15H20ClNO. The van der Waals surface area contributed by atoms with Crippen LogP contribution < -0.4 is 4.90 Å². The number of fused-ring (bicyclic) bond motifs is 1. The predicted octanol–water partition coefficient (Wildman–Crippen LogP) is 3.63. The fraction of sp³-hybridized carbons (Fsp3) is 0.600. The van der Waals surface area contributed by atoms with Crippen LogP contribution in [-0.4, -0.2) is 18.2 Å². The molecule has 3 unspecified atom stereocenters. The summed E-state index contributed by atoms with van der Waals surface area (Å²) in [4.78, 5) is 2.42. The monoisotopic (exact) mass is 265 g/mol. The van der Waals surface area contributed by atoms with E-state index in [1.54, 1.807) is 6.92 Å². The second kappa shape index (κ2) is 4.75. The predicted molar refractivity (Wildman–Crippen MR) is 75.1 cm³/mol. The zero-order chi connectivity index (χ0) is 12.7. The van der Waals surface area contributed by atoms with Crippen LogP contribution in [-0.2, 0) is 0 Å². The minimum Gasteiger partial charge on any atom is -0.389 e. The molecule has 0 amide bonds. The molecule has 1 heterocycles. The molecule has 1 aliphatic heterocycles. The topological polar surface area (TPSA) is 23.5 Å². The van der Waals surface area contributed by atoms with Gasteiger partial charge in [0.25, 0.3) is 0 Å². The van der Waals surface area contributed by atoms with E-state index in [1.807, 2.05) is 12.1 Å². The van der Waals surface area contributed by atoms with Gasteiger partial charge in [0.2, 0.25) is 0 Å². The lowest BCUT2D eigenvalue weighted by molar-refractivity contribution is 0.199. The van der Waals surface area contributed by atoms with Crippen LogP contribution in [0, 0.1) is 11.8 Å². The van der Waals surface area contributed by atoms with Crippen molar-refractivity contribution in [1.29, 1.82) is 0 Å². The number of anilines is 1. The number of benzene rings is 1. The molecule has 0 aromatic heterocycles. The first-order valence-corrected chi connectivity index (χ1v) is 7.25. The molecule has 0 spiro atoms. The molecule has 3 rings (SSSR count). The third-order valence-electron chi connectivity index (χ3n) is 4.52. The van der Waals surface area contributed by atoms with Gasteiger partial charge in [-0.1, -0.05) is 24.1 Å². The van der Waals surface area contributed by atoms with E-state index >= 15 is 0 Å². The average molecular weight is 266 g/mol. The molecule has 1 saturated heterocycles. The number of hydrogen-bond acceptors (Lipinski definition) is 2. The van der Waals surface area contributed by atoms with Crippen LogP contribution in [0.15, 0.2) is 18.2 Å². The van der Waals surface area contributed by atoms with Crippen molar-refractivity contribution >= 4 is 17.3 Å². The Kier molecular flexibility index (Phi) is 3.25. The van der Waals surface area contributed by atoms with Crippen LogP contribution >= 0.6 is 11.6 Å². The first-order valence-electron chi connectivity index (χ1n) is 6.87. The molecule has 18 heavy (non-hydrogen) atoms. The highest BCUT2D eigenvalue weighted by molar-refractivity contribution is 6.33. The highest BCUT2D eigenvalue weighted by Gasteiger charge is 2.36. The van der Waals surface area contributed by atoms with Gasteiger partial charge in [-0.3, -0.25) is 0 Å². The number of nitrogens with zero attached hydrogens (tertiary/aromatic N) is 1. The van der Waals surface area contributed by atoms with E-state index < -0.39 is 6.10 Å². The molecular weight excluding hydrogens is 246 g/mol. The lowest BCUT2D eigenvalue weighted by atomic mass is 10.0. The van der Waals surface area contributed by atoms with Crippen molar-refractivity contribution in [3.05, 3.63) is 28.8 Å². The Bertz CT molecular complexity index is 434. The van der Waals surface area contributed by atoms with E-state index in [0.29, 0.717) is 0 Å². The molecule has 1 saturated carbocycles. The number of halogens is 1. The van der Waals surface area contributed by atoms with Gasteiger partial charge in [0, 0.05) is 13.1 Å². The molecule has 0 bridgehead atoms. The van der Waals surface area contributed by atoms with Crippen molar-refractivity contribution in [1.82, 2.24) is 0 Å². The number of aliphatic hydroxyl groups is 1. The largest absolute Gasteiger partial charge is 0.389 e. The summed E-state index contributed by atoms with van der Waals surface area (Å²) in [6, 6.07) is 5.95. The Morgan fingerprint density at radius 1 is 1.28 bits per heavy atom. The molecule has 98 valence electrons. The lowest BCUT2D eigenvalue weighted by Gasteiger charge is -2.21. The second-order valence-electron chi connectivity index (χ2n) is 5.74. The first-order chi connectivity index (χ1) is 8.65. The molecule has 2 nitrogen and oxygen atoms in total. The number of rotatable bonds is 2. The standard InChI is InChI=1S/C15H20ClNO/c1-10(18)11-5-6-15(14(16)7-11)17-8-12-3-2-4-13(12)9-17/h5-7,10,12-13,18H,2-4,8-9H2,1H3. The summed E-state index contributed by atoms with van der Waals surface area (Å²) in [6.45, 7) is 4.07. The third kappa shape index (κ3) is 2.12. The van der Waals surface area contributed by atoms with Gasteiger partial charge in [0.05, 0.1) is 16.8 Å². The molecule has 1 aliphatic carbocycles. The van der Waals surface area contributed by atoms with Gasteiger partial charge >= 0.3 is 0 Å². The maximum absolute atomic E-state index is 9.56. The number of aliphatic hydroxyl groups excluding tert-OH is 1. The van der Waals surface area contributed by atoms with Gasteiger partial charge in [-0.05, 0) is 49.3 Å².